The Morgan fingerprint density at radius 1 is 1.32 bits per heavy atom. The van der Waals surface area contributed by atoms with Gasteiger partial charge in [-0.25, -0.2) is 9.98 Å². The van der Waals surface area contributed by atoms with E-state index in [0.717, 1.165) is 58.1 Å². The summed E-state index contributed by atoms with van der Waals surface area (Å²) < 4.78 is 16.6. The van der Waals surface area contributed by atoms with Crippen LogP contribution < -0.4 is 10.1 Å². The molecule has 1 aromatic heterocycles. The molecule has 0 saturated carbocycles. The highest BCUT2D eigenvalue weighted by atomic mass is 127. The Kier molecular flexibility index (Phi) is 13.6. The fourth-order valence-electron chi connectivity index (χ4n) is 2.88. The number of likely N-dealkylation sites (tertiary alicyclic amines) is 1. The van der Waals surface area contributed by atoms with Crippen LogP contribution in [0.25, 0.3) is 0 Å². The van der Waals surface area contributed by atoms with E-state index in [0.29, 0.717) is 30.2 Å². The van der Waals surface area contributed by atoms with Crippen molar-refractivity contribution in [2.45, 2.75) is 32.3 Å². The highest BCUT2D eigenvalue weighted by molar-refractivity contribution is 14.0. The van der Waals surface area contributed by atoms with Gasteiger partial charge in [0.05, 0.1) is 12.6 Å². The molecule has 2 rings (SSSR count). The van der Waals surface area contributed by atoms with Gasteiger partial charge >= 0.3 is 0 Å². The third-order valence-corrected chi connectivity index (χ3v) is 4.53. The predicted molar refractivity (Wildman–Crippen MR) is 123 cm³/mol. The number of hydrogen-bond donors (Lipinski definition) is 1. The number of aromatic nitrogens is 1. The molecule has 0 amide bonds. The molecule has 7 nitrogen and oxygen atoms in total. The van der Waals surface area contributed by atoms with Crippen molar-refractivity contribution < 1.29 is 14.2 Å². The van der Waals surface area contributed by atoms with Crippen LogP contribution in [0.1, 0.15) is 26.2 Å². The molecule has 0 unspecified atom stereocenters. The van der Waals surface area contributed by atoms with Gasteiger partial charge in [-0.15, -0.1) is 24.0 Å². The van der Waals surface area contributed by atoms with Crippen molar-refractivity contribution in [1.82, 2.24) is 15.2 Å². The van der Waals surface area contributed by atoms with Gasteiger partial charge in [-0.2, -0.15) is 0 Å². The maximum absolute atomic E-state index is 6.04. The Bertz CT molecular complexity index is 572. The summed E-state index contributed by atoms with van der Waals surface area (Å²) in [4.78, 5) is 11.1. The average Bonchev–Trinajstić information content (AvgIpc) is 2.69. The van der Waals surface area contributed by atoms with Gasteiger partial charge < -0.3 is 24.4 Å². The standard InChI is InChI=1S/C19H31ClN4O3.HI/c1-3-21-19(23-10-15-27-18-17(20)6-4-9-22-18)24-11-7-16(8-12-24)26-14-5-13-25-2;/h4,6,9,16H,3,5,7-8,10-15H2,1-2H3,(H,21,23);1H. The highest BCUT2D eigenvalue weighted by Crippen LogP contribution is 2.19. The molecule has 1 fully saturated rings. The van der Waals surface area contributed by atoms with Gasteiger partial charge in [-0.1, -0.05) is 11.6 Å². The van der Waals surface area contributed by atoms with Crippen LogP contribution in [0.5, 0.6) is 5.88 Å². The minimum atomic E-state index is 0. The Hall–Kier alpha value is -0.840. The largest absolute Gasteiger partial charge is 0.475 e. The number of halogens is 2. The van der Waals surface area contributed by atoms with Gasteiger partial charge in [-0.05, 0) is 38.3 Å². The van der Waals surface area contributed by atoms with E-state index in [9.17, 15) is 0 Å². The summed E-state index contributed by atoms with van der Waals surface area (Å²) in [5.41, 5.74) is 0. The van der Waals surface area contributed by atoms with Crippen LogP contribution in [0.2, 0.25) is 5.02 Å². The van der Waals surface area contributed by atoms with E-state index >= 15 is 0 Å². The lowest BCUT2D eigenvalue weighted by atomic mass is 10.1. The Balaban J connectivity index is 0.00000392. The molecule has 1 saturated heterocycles. The Morgan fingerprint density at radius 3 is 2.79 bits per heavy atom. The first-order valence-electron chi connectivity index (χ1n) is 9.61. The van der Waals surface area contributed by atoms with Crippen molar-refractivity contribution in [2.75, 3.05) is 53.1 Å². The van der Waals surface area contributed by atoms with E-state index in [2.05, 4.69) is 27.1 Å². The van der Waals surface area contributed by atoms with Crippen LogP contribution >= 0.6 is 35.6 Å². The van der Waals surface area contributed by atoms with Gasteiger partial charge in [-0.3, -0.25) is 0 Å². The van der Waals surface area contributed by atoms with Crippen LogP contribution in [0.4, 0.5) is 0 Å². The highest BCUT2D eigenvalue weighted by Gasteiger charge is 2.21. The van der Waals surface area contributed by atoms with Gasteiger partial charge in [0.2, 0.25) is 5.88 Å². The quantitative estimate of drug-likeness (QED) is 0.219. The smallest absolute Gasteiger partial charge is 0.232 e. The number of nitrogens with one attached hydrogen (secondary N) is 1. The third kappa shape index (κ3) is 9.11. The molecule has 28 heavy (non-hydrogen) atoms. The summed E-state index contributed by atoms with van der Waals surface area (Å²) >= 11 is 6.04. The molecule has 0 aliphatic carbocycles. The van der Waals surface area contributed by atoms with E-state index in [-0.39, 0.29) is 24.0 Å². The van der Waals surface area contributed by atoms with E-state index in [1.165, 1.54) is 0 Å². The summed E-state index contributed by atoms with van der Waals surface area (Å²) in [6.07, 6.45) is 4.96. The zero-order chi connectivity index (χ0) is 19.3. The maximum atomic E-state index is 6.04. The Labute approximate surface area is 190 Å². The lowest BCUT2D eigenvalue weighted by Gasteiger charge is -2.34. The second-order valence-electron chi connectivity index (χ2n) is 6.28. The van der Waals surface area contributed by atoms with E-state index in [1.54, 1.807) is 25.4 Å². The molecule has 0 spiro atoms. The number of pyridine rings is 1. The number of guanidine groups is 1. The molecular weight excluding hydrogens is 495 g/mol. The normalized spacial score (nSPS) is 15.2. The number of piperidine rings is 1. The molecule has 1 aromatic rings. The fourth-order valence-corrected chi connectivity index (χ4v) is 3.06. The van der Waals surface area contributed by atoms with Crippen LogP contribution in [0, 0.1) is 0 Å². The van der Waals surface area contributed by atoms with Crippen LogP contribution in [0.3, 0.4) is 0 Å². The molecule has 0 bridgehead atoms. The zero-order valence-electron chi connectivity index (χ0n) is 16.7. The van der Waals surface area contributed by atoms with Crippen LogP contribution in [-0.4, -0.2) is 75.1 Å². The van der Waals surface area contributed by atoms with Crippen molar-refractivity contribution in [2.24, 2.45) is 4.99 Å². The SMILES string of the molecule is CCNC(=NCCOc1ncccc1Cl)N1CCC(OCCCOC)CC1.I. The molecule has 9 heteroatoms. The summed E-state index contributed by atoms with van der Waals surface area (Å²) in [7, 11) is 1.72. The number of rotatable bonds is 10. The van der Waals surface area contributed by atoms with E-state index in [4.69, 9.17) is 25.8 Å². The predicted octanol–water partition coefficient (Wildman–Crippen LogP) is 3.21. The van der Waals surface area contributed by atoms with E-state index < -0.39 is 0 Å². The minimum Gasteiger partial charge on any atom is -0.475 e. The molecule has 1 N–H and O–H groups in total. The monoisotopic (exact) mass is 526 g/mol. The summed E-state index contributed by atoms with van der Waals surface area (Å²) in [5.74, 6) is 1.37. The number of aliphatic imine (C=N–C) groups is 1. The first-order valence-corrected chi connectivity index (χ1v) is 9.99. The zero-order valence-corrected chi connectivity index (χ0v) is 19.8. The molecule has 0 atom stereocenters. The fraction of sp³-hybridized carbons (Fsp3) is 0.684. The van der Waals surface area contributed by atoms with Crippen molar-refractivity contribution in [1.29, 1.82) is 0 Å². The van der Waals surface area contributed by atoms with Crippen molar-refractivity contribution in [3.05, 3.63) is 23.4 Å². The van der Waals surface area contributed by atoms with Crippen LogP contribution in [-0.2, 0) is 9.47 Å². The number of methoxy groups -OCH3 is 1. The lowest BCUT2D eigenvalue weighted by Crippen LogP contribution is -2.47. The second kappa shape index (κ2) is 15.1. The molecule has 0 aromatic carbocycles. The topological polar surface area (TPSA) is 68.2 Å². The van der Waals surface area contributed by atoms with Gasteiger partial charge in [0.15, 0.2) is 5.96 Å². The average molecular weight is 527 g/mol. The first kappa shape index (κ1) is 25.2. The molecule has 1 aliphatic rings. The minimum absolute atomic E-state index is 0. The van der Waals surface area contributed by atoms with Gasteiger partial charge in [0.25, 0.3) is 0 Å². The van der Waals surface area contributed by atoms with E-state index in [1.807, 2.05) is 0 Å². The number of hydrogen-bond acceptors (Lipinski definition) is 5. The van der Waals surface area contributed by atoms with Gasteiger partial charge in [0.1, 0.15) is 11.6 Å². The molecule has 1 aliphatic heterocycles. The molecular formula is C19H32ClIN4O3. The summed E-state index contributed by atoms with van der Waals surface area (Å²) in [6.45, 7) is 7.28. The van der Waals surface area contributed by atoms with Crippen molar-refractivity contribution in [3.63, 3.8) is 0 Å². The Morgan fingerprint density at radius 2 is 2.11 bits per heavy atom. The maximum Gasteiger partial charge on any atom is 0.232 e. The first-order chi connectivity index (χ1) is 13.2. The van der Waals surface area contributed by atoms with Crippen molar-refractivity contribution in [3.8, 4) is 5.88 Å². The van der Waals surface area contributed by atoms with Gasteiger partial charge in [0, 0.05) is 46.2 Å². The lowest BCUT2D eigenvalue weighted by molar-refractivity contribution is 0.00989. The van der Waals surface area contributed by atoms with Crippen molar-refractivity contribution >= 4 is 41.5 Å². The third-order valence-electron chi connectivity index (χ3n) is 4.24. The summed E-state index contributed by atoms with van der Waals surface area (Å²) in [6, 6.07) is 3.54. The second-order valence-corrected chi connectivity index (χ2v) is 6.69. The summed E-state index contributed by atoms with van der Waals surface area (Å²) in [5, 5.41) is 3.87. The molecule has 160 valence electrons. The molecule has 0 radical (unpaired) electrons. The number of nitrogens with zero attached hydrogens (tertiary/aromatic N) is 3. The molecule has 2 heterocycles. The van der Waals surface area contributed by atoms with Crippen LogP contribution in [0.15, 0.2) is 23.3 Å². The number of ether oxygens (including phenoxy) is 3.